The Morgan fingerprint density at radius 2 is 1.83 bits per heavy atom. The smallest absolute Gasteiger partial charge is 0.251 e. The number of benzene rings is 2. The lowest BCUT2D eigenvalue weighted by atomic mass is 10.0. The predicted octanol–water partition coefficient (Wildman–Crippen LogP) is 2.55. The van der Waals surface area contributed by atoms with E-state index in [0.29, 0.717) is 18.7 Å². The highest BCUT2D eigenvalue weighted by atomic mass is 16.5. The number of hydrogen-bond acceptors (Lipinski definition) is 4. The van der Waals surface area contributed by atoms with Crippen molar-refractivity contribution >= 4 is 11.8 Å². The number of hydrogen-bond donors (Lipinski definition) is 1. The Morgan fingerprint density at radius 3 is 2.52 bits per heavy atom. The van der Waals surface area contributed by atoms with E-state index < -0.39 is 0 Å². The van der Waals surface area contributed by atoms with Crippen LogP contribution in [0.1, 0.15) is 28.8 Å². The van der Waals surface area contributed by atoms with Gasteiger partial charge in [0.05, 0.1) is 13.7 Å². The SMILES string of the molecule is COc1cccc(CN(C)C(=O)CN2CCC(NC(=O)c3ccccc3)CC2)c1. The van der Waals surface area contributed by atoms with Crippen molar-refractivity contribution in [2.45, 2.75) is 25.4 Å². The number of rotatable bonds is 7. The number of methoxy groups -OCH3 is 1. The predicted molar refractivity (Wildman–Crippen MR) is 113 cm³/mol. The highest BCUT2D eigenvalue weighted by molar-refractivity contribution is 5.94. The van der Waals surface area contributed by atoms with E-state index in [0.717, 1.165) is 37.2 Å². The molecule has 3 rings (SSSR count). The van der Waals surface area contributed by atoms with Crippen molar-refractivity contribution in [3.63, 3.8) is 0 Å². The molecule has 154 valence electrons. The molecule has 1 fully saturated rings. The van der Waals surface area contributed by atoms with E-state index in [1.54, 1.807) is 12.0 Å². The summed E-state index contributed by atoms with van der Waals surface area (Å²) >= 11 is 0. The van der Waals surface area contributed by atoms with Crippen LogP contribution >= 0.6 is 0 Å². The molecule has 2 amide bonds. The second-order valence-electron chi connectivity index (χ2n) is 7.49. The standard InChI is InChI=1S/C23H29N3O3/c1-25(16-18-7-6-10-21(15-18)29-2)22(27)17-26-13-11-20(12-14-26)24-23(28)19-8-4-3-5-9-19/h3-10,15,20H,11-14,16-17H2,1-2H3,(H,24,28). The molecule has 0 atom stereocenters. The first-order chi connectivity index (χ1) is 14.0. The summed E-state index contributed by atoms with van der Waals surface area (Å²) in [6.45, 7) is 2.57. The van der Waals surface area contributed by atoms with Crippen molar-refractivity contribution in [2.24, 2.45) is 0 Å². The highest BCUT2D eigenvalue weighted by Crippen LogP contribution is 2.15. The molecule has 0 unspecified atom stereocenters. The van der Waals surface area contributed by atoms with Gasteiger partial charge >= 0.3 is 0 Å². The summed E-state index contributed by atoms with van der Waals surface area (Å²) < 4.78 is 5.24. The van der Waals surface area contributed by atoms with Gasteiger partial charge in [0.15, 0.2) is 0 Å². The molecule has 0 aliphatic carbocycles. The van der Waals surface area contributed by atoms with Gasteiger partial charge in [-0.2, -0.15) is 0 Å². The van der Waals surface area contributed by atoms with Gasteiger partial charge in [-0.05, 0) is 42.7 Å². The fraction of sp³-hybridized carbons (Fsp3) is 0.391. The molecule has 0 spiro atoms. The molecule has 1 aliphatic rings. The first-order valence-electron chi connectivity index (χ1n) is 10.0. The number of likely N-dealkylation sites (tertiary alicyclic amines) is 1. The van der Waals surface area contributed by atoms with E-state index in [4.69, 9.17) is 4.74 Å². The summed E-state index contributed by atoms with van der Waals surface area (Å²) in [6.07, 6.45) is 1.71. The highest BCUT2D eigenvalue weighted by Gasteiger charge is 2.23. The van der Waals surface area contributed by atoms with Gasteiger partial charge in [0, 0.05) is 38.3 Å². The molecule has 2 aromatic carbocycles. The van der Waals surface area contributed by atoms with Crippen LogP contribution in [0.5, 0.6) is 5.75 Å². The van der Waals surface area contributed by atoms with Crippen molar-refractivity contribution in [3.8, 4) is 5.75 Å². The molecule has 1 N–H and O–H groups in total. The zero-order valence-corrected chi connectivity index (χ0v) is 17.1. The van der Waals surface area contributed by atoms with E-state index in [1.165, 1.54) is 0 Å². The fourth-order valence-electron chi connectivity index (χ4n) is 3.54. The Hall–Kier alpha value is -2.86. The van der Waals surface area contributed by atoms with Crippen LogP contribution < -0.4 is 10.1 Å². The molecule has 0 bridgehead atoms. The van der Waals surface area contributed by atoms with Crippen molar-refractivity contribution in [1.82, 2.24) is 15.1 Å². The molecule has 29 heavy (non-hydrogen) atoms. The maximum atomic E-state index is 12.6. The van der Waals surface area contributed by atoms with Crippen LogP contribution in [0.15, 0.2) is 54.6 Å². The summed E-state index contributed by atoms with van der Waals surface area (Å²) in [5.74, 6) is 0.862. The quantitative estimate of drug-likeness (QED) is 0.783. The molecule has 0 aromatic heterocycles. The first kappa shape index (κ1) is 20.9. The summed E-state index contributed by atoms with van der Waals surface area (Å²) in [6, 6.07) is 17.2. The normalized spacial score (nSPS) is 15.0. The van der Waals surface area contributed by atoms with Gasteiger partial charge in [-0.1, -0.05) is 30.3 Å². The van der Waals surface area contributed by atoms with Gasteiger partial charge < -0.3 is 15.0 Å². The average Bonchev–Trinajstić information content (AvgIpc) is 2.75. The molecular formula is C23H29N3O3. The van der Waals surface area contributed by atoms with Gasteiger partial charge in [-0.25, -0.2) is 0 Å². The average molecular weight is 396 g/mol. The van der Waals surface area contributed by atoms with Gasteiger partial charge in [0.1, 0.15) is 5.75 Å². The van der Waals surface area contributed by atoms with Crippen LogP contribution in [-0.4, -0.2) is 61.4 Å². The van der Waals surface area contributed by atoms with Crippen LogP contribution in [0.2, 0.25) is 0 Å². The Kier molecular flexibility index (Phi) is 7.25. The summed E-state index contributed by atoms with van der Waals surface area (Å²) in [7, 11) is 3.47. The van der Waals surface area contributed by atoms with Crippen LogP contribution in [0.25, 0.3) is 0 Å². The van der Waals surface area contributed by atoms with E-state index in [1.807, 2.05) is 61.6 Å². The molecule has 2 aromatic rings. The number of carbonyl (C=O) groups is 2. The van der Waals surface area contributed by atoms with E-state index in [9.17, 15) is 9.59 Å². The maximum Gasteiger partial charge on any atom is 0.251 e. The zero-order chi connectivity index (χ0) is 20.6. The topological polar surface area (TPSA) is 61.9 Å². The Bertz CT molecular complexity index is 817. The number of nitrogens with one attached hydrogen (secondary N) is 1. The third kappa shape index (κ3) is 6.06. The van der Waals surface area contributed by atoms with Crippen molar-refractivity contribution in [3.05, 3.63) is 65.7 Å². The molecule has 1 aliphatic heterocycles. The molecule has 0 radical (unpaired) electrons. The van der Waals surface area contributed by atoms with E-state index in [2.05, 4.69) is 10.2 Å². The number of nitrogens with zero attached hydrogens (tertiary/aromatic N) is 2. The van der Waals surface area contributed by atoms with E-state index in [-0.39, 0.29) is 17.9 Å². The Labute approximate surface area is 172 Å². The van der Waals surface area contributed by atoms with Crippen LogP contribution in [0.4, 0.5) is 0 Å². The largest absolute Gasteiger partial charge is 0.497 e. The number of ether oxygens (including phenoxy) is 1. The van der Waals surface area contributed by atoms with Gasteiger partial charge in [-0.15, -0.1) is 0 Å². The minimum absolute atomic E-state index is 0.0295. The van der Waals surface area contributed by atoms with E-state index >= 15 is 0 Å². The minimum Gasteiger partial charge on any atom is -0.497 e. The zero-order valence-electron chi connectivity index (χ0n) is 17.1. The number of amides is 2. The summed E-state index contributed by atoms with van der Waals surface area (Å²) in [5, 5.41) is 3.10. The summed E-state index contributed by atoms with van der Waals surface area (Å²) in [5.41, 5.74) is 1.73. The van der Waals surface area contributed by atoms with Gasteiger partial charge in [0.25, 0.3) is 5.91 Å². The molecule has 1 heterocycles. The molecule has 6 heteroatoms. The Balaban J connectivity index is 1.42. The van der Waals surface area contributed by atoms with Crippen LogP contribution in [0, 0.1) is 0 Å². The van der Waals surface area contributed by atoms with Crippen molar-refractivity contribution < 1.29 is 14.3 Å². The molecule has 6 nitrogen and oxygen atoms in total. The number of likely N-dealkylation sites (N-methyl/N-ethyl adjacent to an activating group) is 1. The Morgan fingerprint density at radius 1 is 1.10 bits per heavy atom. The lowest BCUT2D eigenvalue weighted by Gasteiger charge is -2.32. The van der Waals surface area contributed by atoms with Gasteiger partial charge in [0.2, 0.25) is 5.91 Å². The first-order valence-corrected chi connectivity index (χ1v) is 10.0. The maximum absolute atomic E-state index is 12.6. The monoisotopic (exact) mass is 395 g/mol. The third-order valence-corrected chi connectivity index (χ3v) is 5.30. The second-order valence-corrected chi connectivity index (χ2v) is 7.49. The third-order valence-electron chi connectivity index (χ3n) is 5.30. The fourth-order valence-corrected chi connectivity index (χ4v) is 3.54. The molecule has 0 saturated carbocycles. The summed E-state index contributed by atoms with van der Waals surface area (Å²) in [4.78, 5) is 28.8. The van der Waals surface area contributed by atoms with Gasteiger partial charge in [-0.3, -0.25) is 14.5 Å². The second kappa shape index (κ2) is 10.1. The van der Waals surface area contributed by atoms with Crippen molar-refractivity contribution in [1.29, 1.82) is 0 Å². The lowest BCUT2D eigenvalue weighted by Crippen LogP contribution is -2.47. The number of carbonyl (C=O) groups excluding carboxylic acids is 2. The lowest BCUT2D eigenvalue weighted by molar-refractivity contribution is -0.131. The number of piperidine rings is 1. The van der Waals surface area contributed by atoms with Crippen LogP contribution in [0.3, 0.4) is 0 Å². The molecule has 1 saturated heterocycles. The van der Waals surface area contributed by atoms with Crippen molar-refractivity contribution in [2.75, 3.05) is 33.8 Å². The minimum atomic E-state index is -0.0295. The molecular weight excluding hydrogens is 366 g/mol. The van der Waals surface area contributed by atoms with Crippen LogP contribution in [-0.2, 0) is 11.3 Å².